The Balaban J connectivity index is 0.000000282. The summed E-state index contributed by atoms with van der Waals surface area (Å²) in [6.45, 7) is 11.5. The number of nitrogens with zero attached hydrogens (tertiary/aromatic N) is 6. The van der Waals surface area contributed by atoms with Gasteiger partial charge in [-0.25, -0.2) is 14.4 Å². The molecule has 6 rings (SSSR count). The first-order valence-electron chi connectivity index (χ1n) is 15.7. The van der Waals surface area contributed by atoms with E-state index in [-0.39, 0.29) is 17.6 Å². The predicted molar refractivity (Wildman–Crippen MR) is 175 cm³/mol. The molecule has 1 aromatic heterocycles. The van der Waals surface area contributed by atoms with Crippen LogP contribution in [0.3, 0.4) is 0 Å². The third kappa shape index (κ3) is 8.89. The van der Waals surface area contributed by atoms with Gasteiger partial charge in [0.15, 0.2) is 11.5 Å². The maximum atomic E-state index is 13.0. The molecular weight excluding hydrogens is 555 g/mol. The molecule has 1 saturated carbocycles. The van der Waals surface area contributed by atoms with Gasteiger partial charge in [0.25, 0.3) is 0 Å². The van der Waals surface area contributed by atoms with Crippen LogP contribution in [-0.4, -0.2) is 73.6 Å². The van der Waals surface area contributed by atoms with Gasteiger partial charge in [0.05, 0.1) is 6.20 Å². The van der Waals surface area contributed by atoms with Crippen molar-refractivity contribution in [2.24, 2.45) is 0 Å². The van der Waals surface area contributed by atoms with E-state index >= 15 is 0 Å². The Bertz CT molecular complexity index is 1400. The molecule has 2 N–H and O–H groups in total. The van der Waals surface area contributed by atoms with Crippen molar-refractivity contribution in [1.29, 1.82) is 5.26 Å². The van der Waals surface area contributed by atoms with Gasteiger partial charge in [-0.05, 0) is 87.0 Å². The summed E-state index contributed by atoms with van der Waals surface area (Å²) in [6, 6.07) is 16.0. The number of aryl methyl sites for hydroxylation is 1. The second-order valence-electron chi connectivity index (χ2n) is 11.4. The summed E-state index contributed by atoms with van der Waals surface area (Å²) in [5, 5.41) is 15.6. The molecule has 2 aliphatic heterocycles. The van der Waals surface area contributed by atoms with E-state index in [0.29, 0.717) is 24.1 Å². The van der Waals surface area contributed by atoms with E-state index in [1.54, 1.807) is 19.2 Å². The third-order valence-corrected chi connectivity index (χ3v) is 8.16. The van der Waals surface area contributed by atoms with Gasteiger partial charge in [0.2, 0.25) is 6.41 Å². The molecule has 3 heterocycles. The fourth-order valence-corrected chi connectivity index (χ4v) is 5.36. The van der Waals surface area contributed by atoms with Crippen molar-refractivity contribution in [2.75, 3.05) is 61.4 Å². The number of hydrogen-bond acceptors (Lipinski definition) is 8. The van der Waals surface area contributed by atoms with Gasteiger partial charge in [0.1, 0.15) is 17.7 Å². The Kier molecular flexibility index (Phi) is 11.9. The Hall–Kier alpha value is -4.23. The van der Waals surface area contributed by atoms with Crippen molar-refractivity contribution in [3.63, 3.8) is 0 Å². The first kappa shape index (κ1) is 32.7. The van der Waals surface area contributed by atoms with E-state index in [1.165, 1.54) is 24.1 Å². The van der Waals surface area contributed by atoms with Gasteiger partial charge in [-0.2, -0.15) is 5.26 Å². The Morgan fingerprint density at radius 1 is 1.00 bits per heavy atom. The summed E-state index contributed by atoms with van der Waals surface area (Å²) in [5.41, 5.74) is 4.23. The fourth-order valence-electron chi connectivity index (χ4n) is 5.36. The van der Waals surface area contributed by atoms with Gasteiger partial charge in [-0.3, -0.25) is 4.79 Å². The summed E-state index contributed by atoms with van der Waals surface area (Å²) in [5.74, 6) is 1.74. The number of likely N-dealkylation sites (N-methyl/N-ethyl adjacent to an activating group) is 1. The molecular formula is C34H45FN8O. The summed E-state index contributed by atoms with van der Waals surface area (Å²) >= 11 is 0. The summed E-state index contributed by atoms with van der Waals surface area (Å²) in [4.78, 5) is 26.6. The molecule has 0 bridgehead atoms. The first-order valence-corrected chi connectivity index (χ1v) is 15.7. The van der Waals surface area contributed by atoms with E-state index in [9.17, 15) is 14.4 Å². The lowest BCUT2D eigenvalue weighted by atomic mass is 10.1. The maximum absolute atomic E-state index is 13.0. The van der Waals surface area contributed by atoms with Crippen LogP contribution >= 0.6 is 0 Å². The largest absolute Gasteiger partial charge is 0.369 e. The monoisotopic (exact) mass is 600 g/mol. The number of anilines is 4. The number of carbonyl (C=O) groups is 1. The molecule has 9 nitrogen and oxygen atoms in total. The number of halogens is 1. The number of nitrogens with one attached hydrogen (secondary N) is 2. The minimum atomic E-state index is -0.0607. The van der Waals surface area contributed by atoms with Crippen LogP contribution in [0.25, 0.3) is 0 Å². The molecule has 0 radical (unpaired) electrons. The number of benzene rings is 2. The standard InChI is InChI=1S/C22H28N8O.C10H11F.C2H6/c1-28-9-11-29(12-10-28)19-6-4-17(5-7-19)26-22-20(13-23)24-14-21(27-22)30-8-2-3-18(15-30)25-16-31;1-7-2-3-9(6-10(7)11)8-4-5-8;1-2/h4-7,14,16,18H,2-3,8-12,15H2,1H3,(H,25,31)(H,26,27);2-3,6,8H,4-5H2,1H3;1-2H3/t18-;;/m1../s1. The van der Waals surface area contributed by atoms with Crippen molar-refractivity contribution >= 4 is 29.4 Å². The quantitative estimate of drug-likeness (QED) is 0.339. The molecule has 10 heteroatoms. The number of piperazine rings is 1. The number of piperidine rings is 1. The SMILES string of the molecule is CC.CN1CCN(c2ccc(Nc3nc(N4CCC[C@@H](NC=O)C4)cnc3C#N)cc2)CC1.Cc1ccc(C2CC2)cc1F. The molecule has 1 amide bonds. The van der Waals surface area contributed by atoms with Crippen LogP contribution < -0.4 is 20.4 Å². The fraction of sp³-hybridized carbons (Fsp3) is 0.471. The van der Waals surface area contributed by atoms with Crippen LogP contribution in [0, 0.1) is 24.1 Å². The number of rotatable bonds is 7. The molecule has 3 aromatic rings. The van der Waals surface area contributed by atoms with Crippen LogP contribution in [0.2, 0.25) is 0 Å². The van der Waals surface area contributed by atoms with E-state index in [4.69, 9.17) is 0 Å². The molecule has 1 aliphatic carbocycles. The summed E-state index contributed by atoms with van der Waals surface area (Å²) in [6.07, 6.45) is 6.76. The van der Waals surface area contributed by atoms with Crippen molar-refractivity contribution in [3.05, 3.63) is 71.3 Å². The zero-order valence-electron chi connectivity index (χ0n) is 26.4. The summed E-state index contributed by atoms with van der Waals surface area (Å²) in [7, 11) is 2.15. The van der Waals surface area contributed by atoms with Crippen LogP contribution in [0.1, 0.15) is 62.3 Å². The smallest absolute Gasteiger partial charge is 0.207 e. The molecule has 2 aromatic carbocycles. The highest BCUT2D eigenvalue weighted by Crippen LogP contribution is 2.40. The molecule has 0 unspecified atom stereocenters. The Labute approximate surface area is 261 Å². The second kappa shape index (κ2) is 16.0. The van der Waals surface area contributed by atoms with Gasteiger partial charge >= 0.3 is 0 Å². The van der Waals surface area contributed by atoms with E-state index in [0.717, 1.165) is 63.2 Å². The van der Waals surface area contributed by atoms with Crippen LogP contribution in [0.5, 0.6) is 0 Å². The summed E-state index contributed by atoms with van der Waals surface area (Å²) < 4.78 is 13.0. The molecule has 44 heavy (non-hydrogen) atoms. The Morgan fingerprint density at radius 2 is 1.73 bits per heavy atom. The predicted octanol–water partition coefficient (Wildman–Crippen LogP) is 5.60. The lowest BCUT2D eigenvalue weighted by Crippen LogP contribution is -2.45. The molecule has 3 aliphatic rings. The molecule has 1 atom stereocenters. The second-order valence-corrected chi connectivity index (χ2v) is 11.4. The highest BCUT2D eigenvalue weighted by atomic mass is 19.1. The molecule has 2 saturated heterocycles. The first-order chi connectivity index (χ1) is 21.4. The number of nitriles is 1. The minimum absolute atomic E-state index is 0.0607. The van der Waals surface area contributed by atoms with E-state index in [2.05, 4.69) is 60.6 Å². The highest BCUT2D eigenvalue weighted by molar-refractivity contribution is 5.65. The van der Waals surface area contributed by atoms with Crippen LogP contribution in [0.4, 0.5) is 27.4 Å². The lowest BCUT2D eigenvalue weighted by Gasteiger charge is -2.34. The third-order valence-electron chi connectivity index (χ3n) is 8.16. The van der Waals surface area contributed by atoms with Crippen LogP contribution in [-0.2, 0) is 4.79 Å². The van der Waals surface area contributed by atoms with Crippen molar-refractivity contribution in [2.45, 2.75) is 58.4 Å². The van der Waals surface area contributed by atoms with Gasteiger partial charge < -0.3 is 25.3 Å². The van der Waals surface area contributed by atoms with Crippen molar-refractivity contribution in [1.82, 2.24) is 20.2 Å². The highest BCUT2D eigenvalue weighted by Gasteiger charge is 2.24. The Morgan fingerprint density at radius 3 is 2.36 bits per heavy atom. The number of aromatic nitrogens is 2. The zero-order chi connectivity index (χ0) is 31.5. The number of carbonyl (C=O) groups excluding carboxylic acids is 1. The van der Waals surface area contributed by atoms with Crippen molar-refractivity contribution in [3.8, 4) is 6.07 Å². The van der Waals surface area contributed by atoms with E-state index in [1.807, 2.05) is 38.1 Å². The van der Waals surface area contributed by atoms with Crippen LogP contribution in [0.15, 0.2) is 48.7 Å². The molecule has 0 spiro atoms. The van der Waals surface area contributed by atoms with E-state index < -0.39 is 0 Å². The average Bonchev–Trinajstić information content (AvgIpc) is 3.91. The van der Waals surface area contributed by atoms with Crippen molar-refractivity contribution < 1.29 is 9.18 Å². The topological polar surface area (TPSA) is 100 Å². The van der Waals surface area contributed by atoms with Gasteiger partial charge in [0, 0.05) is 56.7 Å². The van der Waals surface area contributed by atoms with Gasteiger partial charge in [-0.15, -0.1) is 0 Å². The maximum Gasteiger partial charge on any atom is 0.207 e. The number of amides is 1. The normalized spacial score (nSPS) is 18.1. The average molecular weight is 601 g/mol. The minimum Gasteiger partial charge on any atom is -0.369 e. The molecule has 3 fully saturated rings. The molecule has 234 valence electrons. The number of hydrogen-bond donors (Lipinski definition) is 2. The zero-order valence-corrected chi connectivity index (χ0v) is 26.4. The lowest BCUT2D eigenvalue weighted by molar-refractivity contribution is -0.110. The van der Waals surface area contributed by atoms with Gasteiger partial charge in [-0.1, -0.05) is 26.0 Å².